The number of aliphatic carboxylic acids is 1. The van der Waals surface area contributed by atoms with Gasteiger partial charge in [0.1, 0.15) is 17.5 Å². The molecule has 0 aromatic heterocycles. The Balaban J connectivity index is 2.14. The molecule has 0 amide bonds. The summed E-state index contributed by atoms with van der Waals surface area (Å²) in [4.78, 5) is 13.6. The minimum Gasteiger partial charge on any atom is -0.497 e. The number of hydrogen-bond acceptors (Lipinski definition) is 4. The van der Waals surface area contributed by atoms with Crippen molar-refractivity contribution >= 4 is 5.97 Å². The molecule has 2 atom stereocenters. The van der Waals surface area contributed by atoms with Gasteiger partial charge >= 0.3 is 12.1 Å². The van der Waals surface area contributed by atoms with Crippen molar-refractivity contribution in [2.24, 2.45) is 0 Å². The lowest BCUT2D eigenvalue weighted by Crippen LogP contribution is -2.39. The fourth-order valence-electron chi connectivity index (χ4n) is 3.82. The second-order valence-electron chi connectivity index (χ2n) is 6.86. The van der Waals surface area contributed by atoms with Gasteiger partial charge in [-0.25, -0.2) is 0 Å². The number of halogens is 3. The van der Waals surface area contributed by atoms with Gasteiger partial charge in [-0.2, -0.15) is 13.2 Å². The molecule has 1 aliphatic heterocycles. The maximum atomic E-state index is 13.0. The molecular formula is C21H22F3NO4. The Morgan fingerprint density at radius 2 is 1.83 bits per heavy atom. The normalized spacial score (nSPS) is 18.4. The summed E-state index contributed by atoms with van der Waals surface area (Å²) < 4.78 is 49.8. The molecule has 0 bridgehead atoms. The van der Waals surface area contributed by atoms with E-state index >= 15 is 0 Å². The first kappa shape index (κ1) is 21.0. The van der Waals surface area contributed by atoms with E-state index in [0.717, 1.165) is 12.1 Å². The molecule has 156 valence electrons. The molecule has 5 nitrogen and oxygen atoms in total. The van der Waals surface area contributed by atoms with Crippen LogP contribution in [0, 0.1) is 0 Å². The van der Waals surface area contributed by atoms with Crippen LogP contribution in [0.1, 0.15) is 35.6 Å². The molecule has 29 heavy (non-hydrogen) atoms. The van der Waals surface area contributed by atoms with E-state index in [2.05, 4.69) is 0 Å². The lowest BCUT2D eigenvalue weighted by atomic mass is 9.94. The zero-order valence-electron chi connectivity index (χ0n) is 16.1. The summed E-state index contributed by atoms with van der Waals surface area (Å²) in [6, 6.07) is 8.64. The number of carbonyl (C=O) groups is 1. The van der Waals surface area contributed by atoms with Crippen LogP contribution in [-0.2, 0) is 11.0 Å². The third kappa shape index (κ3) is 4.32. The lowest BCUT2D eigenvalue weighted by molar-refractivity contribution is -0.142. The summed E-state index contributed by atoms with van der Waals surface area (Å²) in [7, 11) is 3.00. The molecule has 1 heterocycles. The largest absolute Gasteiger partial charge is 0.497 e. The predicted molar refractivity (Wildman–Crippen MR) is 100 cm³/mol. The van der Waals surface area contributed by atoms with Gasteiger partial charge in [0.25, 0.3) is 0 Å². The Labute approximate surface area is 166 Å². The highest BCUT2D eigenvalue weighted by Crippen LogP contribution is 2.41. The first-order chi connectivity index (χ1) is 13.8. The van der Waals surface area contributed by atoms with Crippen LogP contribution in [0.4, 0.5) is 13.2 Å². The maximum Gasteiger partial charge on any atom is 0.416 e. The van der Waals surface area contributed by atoms with E-state index in [-0.39, 0.29) is 0 Å². The highest BCUT2D eigenvalue weighted by molar-refractivity contribution is 5.74. The monoisotopic (exact) mass is 409 g/mol. The van der Waals surface area contributed by atoms with E-state index in [9.17, 15) is 23.1 Å². The number of benzene rings is 2. The Morgan fingerprint density at radius 1 is 1.14 bits per heavy atom. The third-order valence-electron chi connectivity index (χ3n) is 5.20. The van der Waals surface area contributed by atoms with Crippen LogP contribution < -0.4 is 9.47 Å². The Bertz CT molecular complexity index is 867. The standard InChI is InChI=1S/C21H22F3NO4/c1-28-15-9-10-18(29-2)16(12-15)19(25-11-3-4-17(25)20(26)27)13-5-7-14(8-6-13)21(22,23)24/h5-10,12,17,19H,3-4,11H2,1-2H3,(H,26,27). The highest BCUT2D eigenvalue weighted by Gasteiger charge is 2.38. The summed E-state index contributed by atoms with van der Waals surface area (Å²) >= 11 is 0. The first-order valence-electron chi connectivity index (χ1n) is 9.14. The van der Waals surface area contributed by atoms with E-state index in [0.29, 0.717) is 42.0 Å². The zero-order chi connectivity index (χ0) is 21.2. The average Bonchev–Trinajstić information content (AvgIpc) is 3.17. The Morgan fingerprint density at radius 3 is 2.38 bits per heavy atom. The number of methoxy groups -OCH3 is 2. The van der Waals surface area contributed by atoms with Gasteiger partial charge < -0.3 is 14.6 Å². The van der Waals surface area contributed by atoms with Gasteiger partial charge in [-0.05, 0) is 48.7 Å². The summed E-state index contributed by atoms with van der Waals surface area (Å²) in [5.74, 6) is 0.0943. The van der Waals surface area contributed by atoms with Crippen molar-refractivity contribution < 1.29 is 32.5 Å². The van der Waals surface area contributed by atoms with Crippen molar-refractivity contribution in [2.45, 2.75) is 31.1 Å². The number of alkyl halides is 3. The molecule has 1 aliphatic rings. The van der Waals surface area contributed by atoms with E-state index in [1.54, 1.807) is 23.1 Å². The van der Waals surface area contributed by atoms with Crippen molar-refractivity contribution in [2.75, 3.05) is 20.8 Å². The van der Waals surface area contributed by atoms with Gasteiger partial charge in [0, 0.05) is 12.1 Å². The molecule has 1 N–H and O–H groups in total. The SMILES string of the molecule is COc1ccc(OC)c(C(c2ccc(C(F)(F)F)cc2)N2CCCC2C(=O)O)c1. The van der Waals surface area contributed by atoms with Crippen molar-refractivity contribution in [3.8, 4) is 11.5 Å². The van der Waals surface area contributed by atoms with Gasteiger partial charge in [-0.3, -0.25) is 9.69 Å². The summed E-state index contributed by atoms with van der Waals surface area (Å²) in [6.45, 7) is 0.503. The van der Waals surface area contributed by atoms with E-state index in [4.69, 9.17) is 9.47 Å². The van der Waals surface area contributed by atoms with Crippen molar-refractivity contribution in [3.05, 3.63) is 59.2 Å². The van der Waals surface area contributed by atoms with E-state index < -0.39 is 29.8 Å². The number of likely N-dealkylation sites (tertiary alicyclic amines) is 1. The molecule has 0 radical (unpaired) electrons. The van der Waals surface area contributed by atoms with E-state index in [1.165, 1.54) is 26.4 Å². The molecule has 2 unspecified atom stereocenters. The molecule has 1 fully saturated rings. The van der Waals surface area contributed by atoms with Crippen molar-refractivity contribution in [1.29, 1.82) is 0 Å². The van der Waals surface area contributed by atoms with Crippen molar-refractivity contribution in [3.63, 3.8) is 0 Å². The van der Waals surface area contributed by atoms with Crippen LogP contribution in [0.15, 0.2) is 42.5 Å². The fraction of sp³-hybridized carbons (Fsp3) is 0.381. The van der Waals surface area contributed by atoms with Crippen LogP contribution in [0.2, 0.25) is 0 Å². The molecule has 2 aromatic rings. The van der Waals surface area contributed by atoms with Gasteiger partial charge in [-0.1, -0.05) is 12.1 Å². The highest BCUT2D eigenvalue weighted by atomic mass is 19.4. The summed E-state index contributed by atoms with van der Waals surface area (Å²) in [5, 5.41) is 9.66. The number of ether oxygens (including phenoxy) is 2. The first-order valence-corrected chi connectivity index (χ1v) is 9.14. The number of carboxylic acids is 1. The van der Waals surface area contributed by atoms with E-state index in [1.807, 2.05) is 0 Å². The smallest absolute Gasteiger partial charge is 0.416 e. The molecule has 2 aromatic carbocycles. The number of carboxylic acid groups (broad SMARTS) is 1. The fourth-order valence-corrected chi connectivity index (χ4v) is 3.82. The molecule has 1 saturated heterocycles. The van der Waals surface area contributed by atoms with Crippen molar-refractivity contribution in [1.82, 2.24) is 4.90 Å². The van der Waals surface area contributed by atoms with Crippen LogP contribution >= 0.6 is 0 Å². The summed E-state index contributed by atoms with van der Waals surface area (Å²) in [6.07, 6.45) is -3.29. The average molecular weight is 409 g/mol. The van der Waals surface area contributed by atoms with Gasteiger partial charge in [0.15, 0.2) is 0 Å². The minimum atomic E-state index is -4.45. The molecule has 0 aliphatic carbocycles. The van der Waals surface area contributed by atoms with Gasteiger partial charge in [0.05, 0.1) is 25.8 Å². The number of hydrogen-bond donors (Lipinski definition) is 1. The molecular weight excluding hydrogens is 387 g/mol. The lowest BCUT2D eigenvalue weighted by Gasteiger charge is -2.33. The molecule has 0 spiro atoms. The maximum absolute atomic E-state index is 13.0. The minimum absolute atomic E-state index is 0.471. The Hall–Kier alpha value is -2.74. The topological polar surface area (TPSA) is 59.0 Å². The van der Waals surface area contributed by atoms with Crippen LogP contribution in [0.5, 0.6) is 11.5 Å². The number of rotatable bonds is 6. The van der Waals surface area contributed by atoms with Crippen LogP contribution in [0.25, 0.3) is 0 Å². The summed E-state index contributed by atoms with van der Waals surface area (Å²) in [5.41, 5.74) is 0.436. The Kier molecular flexibility index (Phi) is 6.02. The number of nitrogens with zero attached hydrogens (tertiary/aromatic N) is 1. The molecule has 0 saturated carbocycles. The second-order valence-corrected chi connectivity index (χ2v) is 6.86. The van der Waals surface area contributed by atoms with Gasteiger partial charge in [-0.15, -0.1) is 0 Å². The quantitative estimate of drug-likeness (QED) is 0.768. The van der Waals surface area contributed by atoms with Crippen LogP contribution in [-0.4, -0.2) is 42.8 Å². The van der Waals surface area contributed by atoms with Gasteiger partial charge in [0.2, 0.25) is 0 Å². The molecule has 8 heteroatoms. The second kappa shape index (κ2) is 8.32. The molecule has 3 rings (SSSR count). The third-order valence-corrected chi connectivity index (χ3v) is 5.20. The zero-order valence-corrected chi connectivity index (χ0v) is 16.1. The van der Waals surface area contributed by atoms with Crippen LogP contribution in [0.3, 0.4) is 0 Å². The predicted octanol–water partition coefficient (Wildman–Crippen LogP) is 4.36.